The molecule has 9 heteroatoms. The van der Waals surface area contributed by atoms with Crippen molar-refractivity contribution in [2.45, 2.75) is 38.8 Å². The maximum Gasteiger partial charge on any atom is 0.417 e. The topological polar surface area (TPSA) is 74.9 Å². The van der Waals surface area contributed by atoms with E-state index in [-0.39, 0.29) is 0 Å². The second-order valence-corrected chi connectivity index (χ2v) is 8.27. The van der Waals surface area contributed by atoms with Crippen LogP contribution in [-0.2, 0) is 6.18 Å². The second kappa shape index (κ2) is 8.69. The first kappa shape index (κ1) is 21.3. The number of alkyl halides is 3. The molecule has 0 radical (unpaired) electrons. The molecule has 0 spiro atoms. The minimum absolute atomic E-state index is 0.307. The number of halogens is 3. The number of aryl methyl sites for hydroxylation is 1. The molecule has 2 atom stereocenters. The smallest absolute Gasteiger partial charge is 0.417 e. The fourth-order valence-electron chi connectivity index (χ4n) is 4.46. The van der Waals surface area contributed by atoms with Crippen LogP contribution in [0.15, 0.2) is 24.4 Å². The highest BCUT2D eigenvalue weighted by Crippen LogP contribution is 2.50. The molecule has 0 bridgehead atoms. The Kier molecular flexibility index (Phi) is 5.99. The lowest BCUT2D eigenvalue weighted by molar-refractivity contribution is -0.137. The highest BCUT2D eigenvalue weighted by atomic mass is 19.4. The highest BCUT2D eigenvalue weighted by molar-refractivity contribution is 5.40. The van der Waals surface area contributed by atoms with Crippen molar-refractivity contribution in [3.63, 3.8) is 0 Å². The van der Waals surface area contributed by atoms with E-state index in [1.165, 1.54) is 12.5 Å². The predicted molar refractivity (Wildman–Crippen MR) is 107 cm³/mol. The van der Waals surface area contributed by atoms with Crippen LogP contribution in [0.3, 0.4) is 0 Å². The van der Waals surface area contributed by atoms with Gasteiger partial charge in [0.05, 0.1) is 12.2 Å². The average molecular weight is 431 g/mol. The molecule has 1 aliphatic heterocycles. The van der Waals surface area contributed by atoms with Gasteiger partial charge in [0, 0.05) is 25.4 Å². The maximum atomic E-state index is 12.7. The van der Waals surface area contributed by atoms with Crippen LogP contribution in [-0.4, -0.2) is 34.6 Å². The average Bonchev–Trinajstić information content (AvgIpc) is 3.52. The number of hydrogen-bond acceptors (Lipinski definition) is 6. The normalized spacial score (nSPS) is 21.6. The third-order valence-electron chi connectivity index (χ3n) is 6.19. The van der Waals surface area contributed by atoms with Crippen molar-refractivity contribution in [1.29, 1.82) is 5.26 Å². The molecular weight excluding hydrogens is 407 g/mol. The van der Waals surface area contributed by atoms with Crippen LogP contribution in [0.4, 0.5) is 19.0 Å². The second-order valence-electron chi connectivity index (χ2n) is 8.27. The molecule has 31 heavy (non-hydrogen) atoms. The lowest BCUT2D eigenvalue weighted by Gasteiger charge is -2.33. The summed E-state index contributed by atoms with van der Waals surface area (Å²) in [6, 6.07) is 6.13. The number of nitrogens with zero attached hydrogens (tertiary/aromatic N) is 5. The lowest BCUT2D eigenvalue weighted by atomic mass is 9.90. The minimum atomic E-state index is -4.35. The number of hydrogen-bond donors (Lipinski definition) is 0. The van der Waals surface area contributed by atoms with Gasteiger partial charge in [-0.3, -0.25) is 0 Å². The van der Waals surface area contributed by atoms with Gasteiger partial charge < -0.3 is 9.64 Å². The standard InChI is InChI=1S/C22H24F3N5O/c1-14-28-18(12-26)11-21(29-14)31-9-6-16-10-19(16)15-4-7-30(8-5-15)20-3-2-17(13-27-20)22(23,24)25/h2-3,11,13,15-16,19H,4-10H2,1H3. The fourth-order valence-corrected chi connectivity index (χ4v) is 4.46. The molecule has 1 saturated carbocycles. The molecule has 1 saturated heterocycles. The van der Waals surface area contributed by atoms with E-state index in [9.17, 15) is 13.2 Å². The van der Waals surface area contributed by atoms with Crippen molar-refractivity contribution in [2.75, 3.05) is 24.6 Å². The van der Waals surface area contributed by atoms with Crippen LogP contribution in [0, 0.1) is 36.0 Å². The monoisotopic (exact) mass is 431 g/mol. The highest BCUT2D eigenvalue weighted by Gasteiger charge is 2.43. The zero-order valence-electron chi connectivity index (χ0n) is 17.3. The van der Waals surface area contributed by atoms with Gasteiger partial charge in [-0.1, -0.05) is 0 Å². The molecule has 2 unspecified atom stereocenters. The Bertz CT molecular complexity index is 949. The van der Waals surface area contributed by atoms with E-state index in [1.807, 2.05) is 6.07 Å². The maximum absolute atomic E-state index is 12.7. The van der Waals surface area contributed by atoms with E-state index >= 15 is 0 Å². The van der Waals surface area contributed by atoms with Gasteiger partial charge >= 0.3 is 6.18 Å². The first-order chi connectivity index (χ1) is 14.8. The number of aromatic nitrogens is 3. The van der Waals surface area contributed by atoms with Gasteiger partial charge in [0.1, 0.15) is 23.4 Å². The Morgan fingerprint density at radius 1 is 1.23 bits per heavy atom. The van der Waals surface area contributed by atoms with Gasteiger partial charge in [0.15, 0.2) is 0 Å². The Labute approximate surface area is 179 Å². The van der Waals surface area contributed by atoms with E-state index in [4.69, 9.17) is 10.00 Å². The van der Waals surface area contributed by atoms with Crippen LogP contribution in [0.2, 0.25) is 0 Å². The summed E-state index contributed by atoms with van der Waals surface area (Å²) in [4.78, 5) is 14.3. The van der Waals surface area contributed by atoms with Crippen LogP contribution >= 0.6 is 0 Å². The molecule has 2 aromatic rings. The van der Waals surface area contributed by atoms with Crippen LogP contribution < -0.4 is 9.64 Å². The van der Waals surface area contributed by atoms with Crippen LogP contribution in [0.25, 0.3) is 0 Å². The summed E-state index contributed by atoms with van der Waals surface area (Å²) in [5.74, 6) is 3.55. The molecule has 0 N–H and O–H groups in total. The largest absolute Gasteiger partial charge is 0.478 e. The first-order valence-electron chi connectivity index (χ1n) is 10.5. The molecule has 2 aliphatic rings. The lowest BCUT2D eigenvalue weighted by Crippen LogP contribution is -2.35. The van der Waals surface area contributed by atoms with Crippen molar-refractivity contribution in [3.8, 4) is 11.9 Å². The van der Waals surface area contributed by atoms with Crippen molar-refractivity contribution in [1.82, 2.24) is 15.0 Å². The number of rotatable bonds is 6. The molecule has 164 valence electrons. The molecule has 1 aliphatic carbocycles. The van der Waals surface area contributed by atoms with Gasteiger partial charge in [-0.05, 0) is 62.5 Å². The van der Waals surface area contributed by atoms with Gasteiger partial charge in [0.2, 0.25) is 5.88 Å². The van der Waals surface area contributed by atoms with Crippen molar-refractivity contribution in [3.05, 3.63) is 41.5 Å². The number of pyridine rings is 1. The molecule has 6 nitrogen and oxygen atoms in total. The minimum Gasteiger partial charge on any atom is -0.478 e. The summed E-state index contributed by atoms with van der Waals surface area (Å²) in [5, 5.41) is 8.98. The molecule has 3 heterocycles. The SMILES string of the molecule is Cc1nc(C#N)cc(OCCC2CC2C2CCN(c3ccc(C(F)(F)F)cn3)CC2)n1. The van der Waals surface area contributed by atoms with Crippen LogP contribution in [0.5, 0.6) is 5.88 Å². The number of ether oxygens (including phenoxy) is 1. The van der Waals surface area contributed by atoms with Gasteiger partial charge in [-0.15, -0.1) is 0 Å². The summed E-state index contributed by atoms with van der Waals surface area (Å²) in [6.45, 7) is 3.94. The first-order valence-corrected chi connectivity index (χ1v) is 10.5. The molecule has 4 rings (SSSR count). The van der Waals surface area contributed by atoms with Crippen molar-refractivity contribution >= 4 is 5.82 Å². The fraction of sp³-hybridized carbons (Fsp3) is 0.545. The van der Waals surface area contributed by atoms with Gasteiger partial charge in [-0.25, -0.2) is 9.97 Å². The van der Waals surface area contributed by atoms with E-state index in [2.05, 4.69) is 19.9 Å². The zero-order chi connectivity index (χ0) is 22.0. The number of piperidine rings is 1. The number of anilines is 1. The zero-order valence-corrected chi connectivity index (χ0v) is 17.3. The third kappa shape index (κ3) is 5.24. The summed E-state index contributed by atoms with van der Waals surface area (Å²) in [7, 11) is 0. The molecular formula is C22H24F3N5O. The van der Waals surface area contributed by atoms with E-state index in [0.717, 1.165) is 44.6 Å². The third-order valence-corrected chi connectivity index (χ3v) is 6.19. The Morgan fingerprint density at radius 2 is 2.00 bits per heavy atom. The van der Waals surface area contributed by atoms with Gasteiger partial charge in [-0.2, -0.15) is 23.4 Å². The van der Waals surface area contributed by atoms with Crippen LogP contribution in [0.1, 0.15) is 42.8 Å². The van der Waals surface area contributed by atoms with E-state index < -0.39 is 11.7 Å². The quantitative estimate of drug-likeness (QED) is 0.675. The molecule has 0 amide bonds. The summed E-state index contributed by atoms with van der Waals surface area (Å²) in [6.07, 6.45) is 0.766. The number of nitriles is 1. The summed E-state index contributed by atoms with van der Waals surface area (Å²) >= 11 is 0. The van der Waals surface area contributed by atoms with Gasteiger partial charge in [0.25, 0.3) is 0 Å². The van der Waals surface area contributed by atoms with Crippen molar-refractivity contribution in [2.24, 2.45) is 17.8 Å². The Balaban J connectivity index is 1.20. The molecule has 2 aromatic heterocycles. The van der Waals surface area contributed by atoms with Crippen molar-refractivity contribution < 1.29 is 17.9 Å². The molecule has 2 fully saturated rings. The molecule has 0 aromatic carbocycles. The summed E-state index contributed by atoms with van der Waals surface area (Å²) in [5.41, 5.74) is -0.406. The Morgan fingerprint density at radius 3 is 2.65 bits per heavy atom. The summed E-state index contributed by atoms with van der Waals surface area (Å²) < 4.78 is 43.8. The Hall–Kier alpha value is -2.89. The predicted octanol–water partition coefficient (Wildman–Crippen LogP) is 4.39. The van der Waals surface area contributed by atoms with E-state index in [0.29, 0.717) is 47.6 Å². The van der Waals surface area contributed by atoms with E-state index in [1.54, 1.807) is 13.0 Å².